The largest absolute Gasteiger partial charge is 0.373 e. The second kappa shape index (κ2) is 6.63. The van der Waals surface area contributed by atoms with Gasteiger partial charge in [0.05, 0.1) is 25.2 Å². The summed E-state index contributed by atoms with van der Waals surface area (Å²) in [5.74, 6) is 0.125. The van der Waals surface area contributed by atoms with E-state index in [-0.39, 0.29) is 18.1 Å². The van der Waals surface area contributed by atoms with Crippen molar-refractivity contribution in [3.8, 4) is 0 Å². The zero-order valence-corrected chi connectivity index (χ0v) is 13.8. The molecule has 0 radical (unpaired) electrons. The van der Waals surface area contributed by atoms with E-state index in [1.54, 1.807) is 11.3 Å². The minimum absolute atomic E-state index is 0.0687. The standard InChI is InChI=1S/C18H21NO2S/c1-13(14-6-4-3-5-7-14)19(2)18(20)12-16-15-9-11-22-17(15)8-10-21-16/h3-7,9,11,13,16H,8,10,12H2,1-2H3/t13-,16+/m1/s1. The van der Waals surface area contributed by atoms with Crippen LogP contribution in [0.3, 0.4) is 0 Å². The van der Waals surface area contributed by atoms with Crippen molar-refractivity contribution in [1.29, 1.82) is 0 Å². The second-order valence-corrected chi connectivity index (χ2v) is 6.70. The molecule has 3 nitrogen and oxygen atoms in total. The molecule has 0 spiro atoms. The Bertz CT molecular complexity index is 638. The monoisotopic (exact) mass is 315 g/mol. The molecule has 1 amide bonds. The van der Waals surface area contributed by atoms with Crippen molar-refractivity contribution in [3.63, 3.8) is 0 Å². The Morgan fingerprint density at radius 2 is 2.14 bits per heavy atom. The maximum atomic E-state index is 12.6. The van der Waals surface area contributed by atoms with Gasteiger partial charge in [-0.15, -0.1) is 11.3 Å². The fourth-order valence-corrected chi connectivity index (χ4v) is 3.78. The fraction of sp³-hybridized carbons (Fsp3) is 0.389. The summed E-state index contributed by atoms with van der Waals surface area (Å²) in [6.45, 7) is 2.77. The van der Waals surface area contributed by atoms with Gasteiger partial charge >= 0.3 is 0 Å². The van der Waals surface area contributed by atoms with Gasteiger partial charge in [0, 0.05) is 18.3 Å². The maximum absolute atomic E-state index is 12.6. The van der Waals surface area contributed by atoms with Crippen molar-refractivity contribution in [2.24, 2.45) is 0 Å². The van der Waals surface area contributed by atoms with E-state index in [9.17, 15) is 4.79 Å². The first kappa shape index (κ1) is 15.3. The Balaban J connectivity index is 1.68. The van der Waals surface area contributed by atoms with E-state index < -0.39 is 0 Å². The Hall–Kier alpha value is -1.65. The van der Waals surface area contributed by atoms with Crippen molar-refractivity contribution in [2.75, 3.05) is 13.7 Å². The lowest BCUT2D eigenvalue weighted by atomic mass is 10.0. The average molecular weight is 315 g/mol. The Morgan fingerprint density at radius 3 is 2.91 bits per heavy atom. The first-order valence-electron chi connectivity index (χ1n) is 7.65. The number of nitrogens with zero attached hydrogens (tertiary/aromatic N) is 1. The quantitative estimate of drug-likeness (QED) is 0.854. The third-order valence-corrected chi connectivity index (χ3v) is 5.39. The topological polar surface area (TPSA) is 29.5 Å². The molecule has 1 aromatic carbocycles. The van der Waals surface area contributed by atoms with Crippen LogP contribution in [0, 0.1) is 0 Å². The smallest absolute Gasteiger partial charge is 0.225 e. The lowest BCUT2D eigenvalue weighted by Gasteiger charge is -2.29. The summed E-state index contributed by atoms with van der Waals surface area (Å²) in [5.41, 5.74) is 2.35. The number of hydrogen-bond donors (Lipinski definition) is 0. The summed E-state index contributed by atoms with van der Waals surface area (Å²) in [5, 5.41) is 2.09. The van der Waals surface area contributed by atoms with E-state index in [1.807, 2.05) is 30.1 Å². The predicted octanol–water partition coefficient (Wildman–Crippen LogP) is 3.97. The van der Waals surface area contributed by atoms with E-state index in [0.29, 0.717) is 13.0 Å². The minimum atomic E-state index is -0.0899. The van der Waals surface area contributed by atoms with Crippen LogP contribution in [-0.4, -0.2) is 24.5 Å². The number of ether oxygens (including phenoxy) is 1. The van der Waals surface area contributed by atoms with Gasteiger partial charge in [-0.25, -0.2) is 0 Å². The molecule has 3 rings (SSSR count). The van der Waals surface area contributed by atoms with Crippen molar-refractivity contribution < 1.29 is 9.53 Å². The Kier molecular flexibility index (Phi) is 4.60. The summed E-state index contributed by atoms with van der Waals surface area (Å²) < 4.78 is 5.83. The van der Waals surface area contributed by atoms with E-state index in [1.165, 1.54) is 10.4 Å². The molecule has 116 valence electrons. The fourth-order valence-electron chi connectivity index (χ4n) is 2.87. The van der Waals surface area contributed by atoms with Crippen LogP contribution in [-0.2, 0) is 16.0 Å². The van der Waals surface area contributed by atoms with Gasteiger partial charge < -0.3 is 9.64 Å². The molecule has 0 fully saturated rings. The van der Waals surface area contributed by atoms with Crippen LogP contribution in [0.4, 0.5) is 0 Å². The number of amides is 1. The van der Waals surface area contributed by atoms with E-state index in [2.05, 4.69) is 30.5 Å². The summed E-state index contributed by atoms with van der Waals surface area (Å²) in [6.07, 6.45) is 1.29. The second-order valence-electron chi connectivity index (χ2n) is 5.70. The molecule has 22 heavy (non-hydrogen) atoms. The van der Waals surface area contributed by atoms with Crippen LogP contribution in [0.2, 0.25) is 0 Å². The third-order valence-electron chi connectivity index (χ3n) is 4.39. The summed E-state index contributed by atoms with van der Waals surface area (Å²) in [6, 6.07) is 12.3. The zero-order valence-electron chi connectivity index (χ0n) is 13.0. The normalized spacial score (nSPS) is 18.5. The van der Waals surface area contributed by atoms with Crippen molar-refractivity contribution >= 4 is 17.2 Å². The first-order chi connectivity index (χ1) is 10.7. The molecule has 1 aromatic heterocycles. The van der Waals surface area contributed by atoms with Gasteiger partial charge in [0.25, 0.3) is 0 Å². The van der Waals surface area contributed by atoms with Gasteiger partial charge in [0.1, 0.15) is 0 Å². The molecule has 0 saturated heterocycles. The van der Waals surface area contributed by atoms with Gasteiger partial charge in [0.2, 0.25) is 5.91 Å². The van der Waals surface area contributed by atoms with Gasteiger partial charge in [-0.05, 0) is 29.5 Å². The molecular weight excluding hydrogens is 294 g/mol. The summed E-state index contributed by atoms with van der Waals surface area (Å²) in [7, 11) is 1.87. The molecule has 2 heterocycles. The molecule has 1 aliphatic rings. The number of hydrogen-bond acceptors (Lipinski definition) is 3. The highest BCUT2D eigenvalue weighted by Crippen LogP contribution is 2.34. The van der Waals surface area contributed by atoms with Crippen LogP contribution in [0.1, 0.15) is 41.5 Å². The zero-order chi connectivity index (χ0) is 15.5. The molecule has 0 aliphatic carbocycles. The van der Waals surface area contributed by atoms with E-state index in [4.69, 9.17) is 4.74 Å². The molecule has 4 heteroatoms. The maximum Gasteiger partial charge on any atom is 0.225 e. The van der Waals surface area contributed by atoms with Crippen molar-refractivity contribution in [2.45, 2.75) is 31.9 Å². The van der Waals surface area contributed by atoms with Gasteiger partial charge in [0.15, 0.2) is 0 Å². The van der Waals surface area contributed by atoms with Crippen LogP contribution >= 0.6 is 11.3 Å². The molecule has 0 saturated carbocycles. The van der Waals surface area contributed by atoms with Gasteiger partial charge in [-0.1, -0.05) is 30.3 Å². The van der Waals surface area contributed by atoms with Crippen LogP contribution in [0.15, 0.2) is 41.8 Å². The molecule has 0 unspecified atom stereocenters. The van der Waals surface area contributed by atoms with E-state index >= 15 is 0 Å². The van der Waals surface area contributed by atoms with Gasteiger partial charge in [-0.2, -0.15) is 0 Å². The molecular formula is C18H21NO2S. The van der Waals surface area contributed by atoms with Gasteiger partial charge in [-0.3, -0.25) is 4.79 Å². The lowest BCUT2D eigenvalue weighted by Crippen LogP contribution is -2.31. The lowest BCUT2D eigenvalue weighted by molar-refractivity contribution is -0.135. The van der Waals surface area contributed by atoms with Crippen LogP contribution in [0.5, 0.6) is 0 Å². The molecule has 0 bridgehead atoms. The minimum Gasteiger partial charge on any atom is -0.373 e. The predicted molar refractivity (Wildman–Crippen MR) is 89.0 cm³/mol. The average Bonchev–Trinajstić information content (AvgIpc) is 3.04. The number of carbonyl (C=O) groups is 1. The SMILES string of the molecule is C[C@H](c1ccccc1)N(C)C(=O)C[C@@H]1OCCc2sccc21. The van der Waals surface area contributed by atoms with Crippen molar-refractivity contribution in [1.82, 2.24) is 4.90 Å². The Morgan fingerprint density at radius 1 is 1.36 bits per heavy atom. The molecule has 2 atom stereocenters. The number of rotatable bonds is 4. The van der Waals surface area contributed by atoms with Crippen molar-refractivity contribution in [3.05, 3.63) is 57.8 Å². The number of thiophene rings is 1. The highest BCUT2D eigenvalue weighted by molar-refractivity contribution is 7.10. The van der Waals surface area contributed by atoms with E-state index in [0.717, 1.165) is 12.0 Å². The third kappa shape index (κ3) is 3.08. The first-order valence-corrected chi connectivity index (χ1v) is 8.53. The molecule has 0 N–H and O–H groups in total. The summed E-state index contributed by atoms with van der Waals surface area (Å²) in [4.78, 5) is 15.8. The number of carbonyl (C=O) groups excluding carboxylic acids is 1. The highest BCUT2D eigenvalue weighted by Gasteiger charge is 2.27. The molecule has 2 aromatic rings. The Labute approximate surface area is 135 Å². The highest BCUT2D eigenvalue weighted by atomic mass is 32.1. The number of benzene rings is 1. The molecule has 1 aliphatic heterocycles. The van der Waals surface area contributed by atoms with Crippen LogP contribution < -0.4 is 0 Å². The van der Waals surface area contributed by atoms with Crippen LogP contribution in [0.25, 0.3) is 0 Å². The number of fused-ring (bicyclic) bond motifs is 1. The summed E-state index contributed by atoms with van der Waals surface area (Å²) >= 11 is 1.76.